The van der Waals surface area contributed by atoms with Crippen LogP contribution in [0.15, 0.2) is 42.7 Å². The van der Waals surface area contributed by atoms with Crippen LogP contribution in [0.3, 0.4) is 0 Å². The molecule has 0 aliphatic rings. The number of aryl methyl sites for hydroxylation is 1. The first kappa shape index (κ1) is 15.5. The second-order valence-corrected chi connectivity index (χ2v) is 6.27. The summed E-state index contributed by atoms with van der Waals surface area (Å²) in [5.74, 6) is -0.531. The summed E-state index contributed by atoms with van der Waals surface area (Å²) < 4.78 is 0. The second-order valence-electron chi connectivity index (χ2n) is 4.86. The summed E-state index contributed by atoms with van der Waals surface area (Å²) in [4.78, 5) is 20.7. The third kappa shape index (κ3) is 3.18. The highest BCUT2D eigenvalue weighted by Gasteiger charge is 2.20. The monoisotopic (exact) mass is 344 g/mol. The molecule has 0 aliphatic carbocycles. The van der Waals surface area contributed by atoms with E-state index in [1.807, 2.05) is 31.2 Å². The fourth-order valence-corrected chi connectivity index (χ4v) is 3.36. The van der Waals surface area contributed by atoms with Crippen LogP contribution in [0.1, 0.15) is 15.2 Å². The van der Waals surface area contributed by atoms with Gasteiger partial charge in [-0.2, -0.15) is 0 Å². The number of aromatic nitrogens is 2. The van der Waals surface area contributed by atoms with Crippen molar-refractivity contribution in [3.8, 4) is 11.3 Å². The van der Waals surface area contributed by atoms with Gasteiger partial charge in [0, 0.05) is 11.8 Å². The number of halogens is 1. The van der Waals surface area contributed by atoms with Gasteiger partial charge in [-0.25, -0.2) is 4.98 Å². The molecule has 1 amide bonds. The van der Waals surface area contributed by atoms with Crippen molar-refractivity contribution < 1.29 is 4.79 Å². The maximum Gasteiger partial charge on any atom is 0.261 e. The maximum absolute atomic E-state index is 11.8. The van der Waals surface area contributed by atoms with Gasteiger partial charge in [-0.1, -0.05) is 35.1 Å². The predicted molar refractivity (Wildman–Crippen MR) is 93.3 cm³/mol. The van der Waals surface area contributed by atoms with Gasteiger partial charge < -0.3 is 11.1 Å². The number of thiazole rings is 1. The Morgan fingerprint density at radius 2 is 2.13 bits per heavy atom. The normalized spacial score (nSPS) is 10.5. The number of rotatable bonds is 4. The Labute approximate surface area is 142 Å². The van der Waals surface area contributed by atoms with Crippen molar-refractivity contribution in [2.75, 3.05) is 5.32 Å². The van der Waals surface area contributed by atoms with E-state index in [0.29, 0.717) is 20.7 Å². The lowest BCUT2D eigenvalue weighted by Crippen LogP contribution is -2.10. The van der Waals surface area contributed by atoms with E-state index < -0.39 is 5.91 Å². The molecule has 0 unspecified atom stereocenters. The molecule has 2 aromatic heterocycles. The molecule has 3 aromatic rings. The number of primary amides is 1. The van der Waals surface area contributed by atoms with Gasteiger partial charge >= 0.3 is 0 Å². The second kappa shape index (κ2) is 6.36. The number of carbonyl (C=O) groups excluding carboxylic acids is 1. The van der Waals surface area contributed by atoms with Crippen molar-refractivity contribution in [1.82, 2.24) is 9.97 Å². The van der Waals surface area contributed by atoms with Crippen molar-refractivity contribution in [2.24, 2.45) is 5.73 Å². The molecule has 23 heavy (non-hydrogen) atoms. The Balaban J connectivity index is 2.08. The summed E-state index contributed by atoms with van der Waals surface area (Å²) in [6.45, 7) is 1.92. The first-order valence-electron chi connectivity index (χ1n) is 6.79. The molecule has 7 heteroatoms. The summed E-state index contributed by atoms with van der Waals surface area (Å²) in [5.41, 5.74) is 8.43. The Kier molecular flexibility index (Phi) is 4.27. The predicted octanol–water partition coefficient (Wildman–Crippen LogP) is 4.01. The minimum Gasteiger partial charge on any atom is -0.365 e. The minimum atomic E-state index is -0.531. The Morgan fingerprint density at radius 3 is 2.78 bits per heavy atom. The number of benzene rings is 1. The van der Waals surface area contributed by atoms with Crippen molar-refractivity contribution in [2.45, 2.75) is 6.92 Å². The molecule has 0 radical (unpaired) electrons. The van der Waals surface area contributed by atoms with Crippen molar-refractivity contribution >= 4 is 39.7 Å². The lowest BCUT2D eigenvalue weighted by molar-refractivity contribution is 0.100. The molecule has 0 bridgehead atoms. The number of anilines is 2. The smallest absolute Gasteiger partial charge is 0.261 e. The van der Waals surface area contributed by atoms with Crippen LogP contribution in [0.4, 0.5) is 10.8 Å². The number of amides is 1. The summed E-state index contributed by atoms with van der Waals surface area (Å²) in [6.07, 6.45) is 3.35. The SMILES string of the molecule is Cc1cccc(Cl)c1-c1nc(Nc2cccnc2)sc1C(N)=O. The van der Waals surface area contributed by atoms with Crippen molar-refractivity contribution in [3.05, 3.63) is 58.2 Å². The van der Waals surface area contributed by atoms with Crippen molar-refractivity contribution in [3.63, 3.8) is 0 Å². The quantitative estimate of drug-likeness (QED) is 0.749. The fourth-order valence-electron chi connectivity index (χ4n) is 2.20. The highest BCUT2D eigenvalue weighted by atomic mass is 35.5. The van der Waals surface area contributed by atoms with Gasteiger partial charge in [-0.05, 0) is 30.7 Å². The summed E-state index contributed by atoms with van der Waals surface area (Å²) in [7, 11) is 0. The average molecular weight is 345 g/mol. The van der Waals surface area contributed by atoms with Gasteiger partial charge in [-0.15, -0.1) is 0 Å². The largest absolute Gasteiger partial charge is 0.365 e. The summed E-state index contributed by atoms with van der Waals surface area (Å²) >= 11 is 7.48. The molecule has 3 N–H and O–H groups in total. The standard InChI is InChI=1S/C16H13ClN4OS/c1-9-4-2-6-11(17)12(9)13-14(15(18)22)23-16(21-13)20-10-5-3-7-19-8-10/h2-8H,1H3,(H2,18,22)(H,20,21). The molecule has 0 saturated heterocycles. The minimum absolute atomic E-state index is 0.368. The fraction of sp³-hybridized carbons (Fsp3) is 0.0625. The highest BCUT2D eigenvalue weighted by molar-refractivity contribution is 7.18. The van der Waals surface area contributed by atoms with Crippen LogP contribution in [0.5, 0.6) is 0 Å². The lowest BCUT2D eigenvalue weighted by atomic mass is 10.0. The zero-order chi connectivity index (χ0) is 16.4. The number of hydrogen-bond acceptors (Lipinski definition) is 5. The molecule has 0 atom stereocenters. The average Bonchev–Trinajstić information content (AvgIpc) is 2.92. The summed E-state index contributed by atoms with van der Waals surface area (Å²) in [5, 5.41) is 4.21. The molecule has 0 saturated carbocycles. The van der Waals surface area contributed by atoms with Crippen LogP contribution in [0.25, 0.3) is 11.3 Å². The number of nitrogens with two attached hydrogens (primary N) is 1. The third-order valence-corrected chi connectivity index (χ3v) is 4.52. The number of pyridine rings is 1. The zero-order valence-corrected chi connectivity index (χ0v) is 13.8. The number of nitrogens with one attached hydrogen (secondary N) is 1. The highest BCUT2D eigenvalue weighted by Crippen LogP contribution is 2.37. The molecular weight excluding hydrogens is 332 g/mol. The molecule has 116 valence electrons. The van der Waals surface area contributed by atoms with Crippen LogP contribution in [-0.4, -0.2) is 15.9 Å². The molecule has 3 rings (SSSR count). The van der Waals surface area contributed by atoms with E-state index in [1.54, 1.807) is 18.5 Å². The topological polar surface area (TPSA) is 80.9 Å². The van der Waals surface area contributed by atoms with E-state index in [1.165, 1.54) is 11.3 Å². The maximum atomic E-state index is 11.8. The van der Waals surface area contributed by atoms with Gasteiger partial charge in [0.2, 0.25) is 0 Å². The Morgan fingerprint density at radius 1 is 1.30 bits per heavy atom. The van der Waals surface area contributed by atoms with Crippen LogP contribution in [0.2, 0.25) is 5.02 Å². The molecule has 2 heterocycles. The van der Waals surface area contributed by atoms with Crippen LogP contribution < -0.4 is 11.1 Å². The first-order valence-corrected chi connectivity index (χ1v) is 7.99. The van der Waals surface area contributed by atoms with E-state index in [2.05, 4.69) is 15.3 Å². The van der Waals surface area contributed by atoms with E-state index in [9.17, 15) is 4.79 Å². The Bertz CT molecular complexity index is 844. The third-order valence-electron chi connectivity index (χ3n) is 3.22. The molecular formula is C16H13ClN4OS. The summed E-state index contributed by atoms with van der Waals surface area (Å²) in [6, 6.07) is 9.21. The number of hydrogen-bond donors (Lipinski definition) is 2. The van der Waals surface area contributed by atoms with E-state index in [-0.39, 0.29) is 0 Å². The van der Waals surface area contributed by atoms with E-state index in [0.717, 1.165) is 16.8 Å². The van der Waals surface area contributed by atoms with Crippen LogP contribution in [-0.2, 0) is 0 Å². The van der Waals surface area contributed by atoms with Gasteiger partial charge in [0.1, 0.15) is 4.88 Å². The lowest BCUT2D eigenvalue weighted by Gasteiger charge is -2.06. The molecule has 0 spiro atoms. The molecule has 1 aromatic carbocycles. The van der Waals surface area contributed by atoms with Crippen molar-refractivity contribution in [1.29, 1.82) is 0 Å². The zero-order valence-electron chi connectivity index (χ0n) is 12.2. The Hall–Kier alpha value is -2.44. The molecule has 0 aliphatic heterocycles. The van der Waals surface area contributed by atoms with Gasteiger partial charge in [0.25, 0.3) is 5.91 Å². The van der Waals surface area contributed by atoms with Gasteiger partial charge in [-0.3, -0.25) is 9.78 Å². The van der Waals surface area contributed by atoms with Gasteiger partial charge in [0.05, 0.1) is 22.6 Å². The first-order chi connectivity index (χ1) is 11.1. The molecule has 0 fully saturated rings. The van der Waals surface area contributed by atoms with Gasteiger partial charge in [0.15, 0.2) is 5.13 Å². The van der Waals surface area contributed by atoms with Crippen LogP contribution >= 0.6 is 22.9 Å². The van der Waals surface area contributed by atoms with Crippen LogP contribution in [0, 0.1) is 6.92 Å². The number of carbonyl (C=O) groups is 1. The number of nitrogens with zero attached hydrogens (tertiary/aromatic N) is 2. The van der Waals surface area contributed by atoms with E-state index in [4.69, 9.17) is 17.3 Å². The molecule has 5 nitrogen and oxygen atoms in total. The van der Waals surface area contributed by atoms with E-state index >= 15 is 0 Å².